The number of hydrogen-bond acceptors (Lipinski definition) is 0. The zero-order valence-electron chi connectivity index (χ0n) is 44.2. The van der Waals surface area contributed by atoms with E-state index in [1.54, 1.807) is 51.8 Å². The van der Waals surface area contributed by atoms with E-state index in [4.69, 9.17) is 0 Å². The minimum Gasteiger partial charge on any atom is -1.00 e. The van der Waals surface area contributed by atoms with Crippen molar-refractivity contribution in [3.8, 4) is 0 Å². The van der Waals surface area contributed by atoms with Crippen LogP contribution in [0.1, 0.15) is 367 Å². The second-order valence-corrected chi connectivity index (χ2v) is 29.6. The maximum atomic E-state index is 2.32. The fourth-order valence-corrected chi connectivity index (χ4v) is 18.8. The first-order valence-electron chi connectivity index (χ1n) is 30.2. The van der Waals surface area contributed by atoms with Crippen LogP contribution in [0, 0.1) is 0 Å². The van der Waals surface area contributed by atoms with E-state index in [1.807, 2.05) is 0 Å². The molecule has 0 aromatic carbocycles. The molecule has 0 N–H and O–H groups in total. The molecule has 0 heterocycles. The summed E-state index contributed by atoms with van der Waals surface area (Å²) in [5.74, 6) is 0. The minimum absolute atomic E-state index is 0. The van der Waals surface area contributed by atoms with Crippen LogP contribution in [0.3, 0.4) is 0 Å². The molecule has 62 heavy (non-hydrogen) atoms. The first kappa shape index (κ1) is 65.2. The molecule has 0 amide bonds. The molecule has 0 unspecified atom stereocenters. The third-order valence-electron chi connectivity index (χ3n) is 14.7. The van der Waals surface area contributed by atoms with Crippen LogP contribution in [0.15, 0.2) is 0 Å². The van der Waals surface area contributed by atoms with Crippen LogP contribution in [-0.2, 0) is 0 Å². The molecule has 0 atom stereocenters. The minimum atomic E-state index is -1.17. The topological polar surface area (TPSA) is 0 Å². The van der Waals surface area contributed by atoms with Crippen LogP contribution in [0.4, 0.5) is 0 Å². The van der Waals surface area contributed by atoms with Crippen LogP contribution < -0.4 is 12.4 Å². The number of hydrogen-bond donors (Lipinski definition) is 0. The first-order valence-corrected chi connectivity index (χ1v) is 36.2. The molecule has 0 aromatic rings. The van der Waals surface area contributed by atoms with E-state index in [0.29, 0.717) is 0 Å². The van der Waals surface area contributed by atoms with Gasteiger partial charge in [-0.2, -0.15) is 0 Å². The molecular weight excluding hydrogens is 875 g/mol. The van der Waals surface area contributed by atoms with Gasteiger partial charge < -0.3 is 12.4 Å². The molecule has 0 saturated carbocycles. The average Bonchev–Trinajstić information content (AvgIpc) is 3.27. The Morgan fingerprint density at radius 3 is 0.355 bits per heavy atom. The quantitative estimate of drug-likeness (QED) is 0.0421. The molecule has 0 aliphatic heterocycles. The number of halogens is 1. The van der Waals surface area contributed by atoms with Crippen LogP contribution in [-0.4, -0.2) is 19.8 Å². The molecule has 0 aliphatic rings. The summed E-state index contributed by atoms with van der Waals surface area (Å²) in [7, 11) is 0. The van der Waals surface area contributed by atoms with Gasteiger partial charge >= 0.3 is 245 Å². The summed E-state index contributed by atoms with van der Waals surface area (Å²) < 4.78 is 5.21. The second-order valence-electron chi connectivity index (χ2n) is 21.0. The molecule has 0 aliphatic carbocycles. The predicted molar refractivity (Wildman–Crippen MR) is 287 cm³/mol. The monoisotopic (exact) mass is 999 g/mol. The molecule has 2 heteroatoms. The van der Waals surface area contributed by atoms with Crippen molar-refractivity contribution < 1.29 is 12.4 Å². The van der Waals surface area contributed by atoms with E-state index in [0.717, 1.165) is 0 Å². The standard InChI is InChI=1S/3C20H41.ClH.Sn/c3*1-3-5-7-9-11-13-15-17-19-20-18-16-14-12-10-8-6-4-2;;/h3*1,3-20H2,2H3;1H;/q;;;;+1/p-1. The fraction of sp³-hybridized carbons (Fsp3) is 1.00. The van der Waals surface area contributed by atoms with Gasteiger partial charge in [0.1, 0.15) is 0 Å². The van der Waals surface area contributed by atoms with E-state index in [2.05, 4.69) is 20.8 Å². The molecule has 0 spiro atoms. The van der Waals surface area contributed by atoms with Gasteiger partial charge in [-0.05, 0) is 0 Å². The summed E-state index contributed by atoms with van der Waals surface area (Å²) in [5, 5.41) is 0. The van der Waals surface area contributed by atoms with Gasteiger partial charge in [-0.1, -0.05) is 156 Å². The van der Waals surface area contributed by atoms with E-state index < -0.39 is 19.8 Å². The van der Waals surface area contributed by atoms with Gasteiger partial charge in [-0.15, -0.1) is 0 Å². The SMILES string of the molecule is CCCCCCCCCCCCCCCCCCC[CH2][Sn+]([CH2]CCCCCCCCCCCCCCCCCCC)[CH2]CCCCCCCCCCCCCCCCCCC.[Cl-]. The van der Waals surface area contributed by atoms with Crippen molar-refractivity contribution in [2.75, 3.05) is 0 Å². The molecule has 0 nitrogen and oxygen atoms in total. The normalized spacial score (nSPS) is 11.5. The van der Waals surface area contributed by atoms with Gasteiger partial charge in [-0.25, -0.2) is 0 Å². The second kappa shape index (κ2) is 62.1. The fourth-order valence-electron chi connectivity index (χ4n) is 10.2. The van der Waals surface area contributed by atoms with Crippen molar-refractivity contribution in [3.63, 3.8) is 0 Å². The number of rotatable bonds is 57. The van der Waals surface area contributed by atoms with Crippen LogP contribution in [0.25, 0.3) is 0 Å². The van der Waals surface area contributed by atoms with Crippen LogP contribution >= 0.6 is 0 Å². The molecule has 0 radical (unpaired) electrons. The molecule has 0 saturated heterocycles. The molecule has 0 aromatic heterocycles. The summed E-state index contributed by atoms with van der Waals surface area (Å²) in [4.78, 5) is 0. The molecular formula is C60H123ClSn. The van der Waals surface area contributed by atoms with E-state index in [-0.39, 0.29) is 12.4 Å². The Hall–Kier alpha value is 1.09. The zero-order chi connectivity index (χ0) is 43.9. The van der Waals surface area contributed by atoms with Crippen molar-refractivity contribution in [2.24, 2.45) is 0 Å². The van der Waals surface area contributed by atoms with Gasteiger partial charge in [0.2, 0.25) is 0 Å². The molecule has 0 rings (SSSR count). The Morgan fingerprint density at radius 1 is 0.145 bits per heavy atom. The van der Waals surface area contributed by atoms with Crippen molar-refractivity contribution in [3.05, 3.63) is 0 Å². The van der Waals surface area contributed by atoms with E-state index in [1.165, 1.54) is 308 Å². The van der Waals surface area contributed by atoms with Crippen molar-refractivity contribution in [2.45, 2.75) is 381 Å². The summed E-state index contributed by atoms with van der Waals surface area (Å²) in [6.07, 6.45) is 81.0. The third kappa shape index (κ3) is 59.1. The molecule has 0 fully saturated rings. The summed E-state index contributed by atoms with van der Waals surface area (Å²) >= 11 is -1.17. The van der Waals surface area contributed by atoms with Gasteiger partial charge in [0.15, 0.2) is 0 Å². The van der Waals surface area contributed by atoms with E-state index >= 15 is 0 Å². The van der Waals surface area contributed by atoms with Crippen LogP contribution in [0.2, 0.25) is 13.3 Å². The Bertz CT molecular complexity index is 628. The van der Waals surface area contributed by atoms with E-state index in [9.17, 15) is 0 Å². The average molecular weight is 999 g/mol. The first-order chi connectivity index (χ1) is 30.3. The predicted octanol–water partition coefficient (Wildman–Crippen LogP) is 20.6. The van der Waals surface area contributed by atoms with Gasteiger partial charge in [0.05, 0.1) is 0 Å². The van der Waals surface area contributed by atoms with Gasteiger partial charge in [0.25, 0.3) is 0 Å². The van der Waals surface area contributed by atoms with Gasteiger partial charge in [-0.3, -0.25) is 0 Å². The zero-order valence-corrected chi connectivity index (χ0v) is 47.8. The Balaban J connectivity index is 0. The van der Waals surface area contributed by atoms with Crippen molar-refractivity contribution in [1.29, 1.82) is 0 Å². The third-order valence-corrected chi connectivity index (χ3v) is 23.7. The van der Waals surface area contributed by atoms with Crippen molar-refractivity contribution in [1.82, 2.24) is 0 Å². The van der Waals surface area contributed by atoms with Gasteiger partial charge in [0, 0.05) is 0 Å². The van der Waals surface area contributed by atoms with Crippen molar-refractivity contribution >= 4 is 19.8 Å². The molecule has 374 valence electrons. The Labute approximate surface area is 410 Å². The molecule has 0 bridgehead atoms. The smallest absolute Gasteiger partial charge is 1.00 e. The Kier molecular flexibility index (Phi) is 65.3. The summed E-state index contributed by atoms with van der Waals surface area (Å²) in [6, 6.07) is 0. The summed E-state index contributed by atoms with van der Waals surface area (Å²) in [5.41, 5.74) is 0. The van der Waals surface area contributed by atoms with Crippen LogP contribution in [0.5, 0.6) is 0 Å². The maximum absolute atomic E-state index is 2.32. The summed E-state index contributed by atoms with van der Waals surface area (Å²) in [6.45, 7) is 6.97. The Morgan fingerprint density at radius 2 is 0.242 bits per heavy atom. The number of unbranched alkanes of at least 4 members (excludes halogenated alkanes) is 51.